The Kier molecular flexibility index (Phi) is 8.25. The van der Waals surface area contributed by atoms with E-state index >= 15 is 0 Å². The Bertz CT molecular complexity index is 478. The van der Waals surface area contributed by atoms with Gasteiger partial charge < -0.3 is 14.5 Å². The molecule has 1 saturated heterocycles. The number of hydrogen-bond donors (Lipinski definition) is 0. The zero-order valence-corrected chi connectivity index (χ0v) is 17.1. The summed E-state index contributed by atoms with van der Waals surface area (Å²) < 4.78 is 6.28. The Balaban J connectivity index is 1.74. The number of ether oxygens (including phenoxy) is 1. The fourth-order valence-electron chi connectivity index (χ4n) is 3.51. The van der Waals surface area contributed by atoms with Gasteiger partial charge in [-0.15, -0.1) is 0 Å². The summed E-state index contributed by atoms with van der Waals surface area (Å²) in [5.74, 6) is 2.16. The first kappa shape index (κ1) is 20.3. The third kappa shape index (κ3) is 6.31. The van der Waals surface area contributed by atoms with Crippen LogP contribution in [0.3, 0.4) is 0 Å². The zero-order chi connectivity index (χ0) is 18.2. The predicted molar refractivity (Wildman–Crippen MR) is 108 cm³/mol. The summed E-state index contributed by atoms with van der Waals surface area (Å²) in [7, 11) is 2.22. The molecule has 0 aliphatic carbocycles. The van der Waals surface area contributed by atoms with Crippen LogP contribution in [0.2, 0.25) is 0 Å². The maximum absolute atomic E-state index is 6.28. The van der Waals surface area contributed by atoms with Crippen molar-refractivity contribution in [1.29, 1.82) is 0 Å². The lowest BCUT2D eigenvalue weighted by Crippen LogP contribution is -2.44. The third-order valence-corrected chi connectivity index (χ3v) is 5.28. The van der Waals surface area contributed by atoms with Crippen LogP contribution in [0.4, 0.5) is 0 Å². The summed E-state index contributed by atoms with van der Waals surface area (Å²) in [6, 6.07) is 6.62. The number of unbranched alkanes of at least 4 members (excludes halogenated alkanes) is 2. The molecule has 1 aliphatic rings. The van der Waals surface area contributed by atoms with Crippen molar-refractivity contribution in [2.45, 2.75) is 58.8 Å². The van der Waals surface area contributed by atoms with Crippen molar-refractivity contribution in [3.05, 3.63) is 29.3 Å². The minimum absolute atomic E-state index is 0.505. The van der Waals surface area contributed by atoms with Crippen LogP contribution in [0.1, 0.15) is 69.9 Å². The van der Waals surface area contributed by atoms with Crippen LogP contribution in [0, 0.1) is 0 Å². The largest absolute Gasteiger partial charge is 0.493 e. The second kappa shape index (κ2) is 10.2. The van der Waals surface area contributed by atoms with Gasteiger partial charge in [-0.05, 0) is 55.8 Å². The van der Waals surface area contributed by atoms with E-state index in [1.54, 1.807) is 0 Å². The number of likely N-dealkylation sites (N-methyl/N-ethyl adjacent to an activating group) is 1. The minimum Gasteiger partial charge on any atom is -0.493 e. The van der Waals surface area contributed by atoms with Gasteiger partial charge in [-0.2, -0.15) is 0 Å². The summed E-state index contributed by atoms with van der Waals surface area (Å²) in [4.78, 5) is 5.02. The van der Waals surface area contributed by atoms with E-state index in [1.165, 1.54) is 56.7 Å². The fraction of sp³-hybridized carbons (Fsp3) is 0.727. The topological polar surface area (TPSA) is 15.7 Å². The molecule has 0 N–H and O–H groups in total. The highest BCUT2D eigenvalue weighted by molar-refractivity contribution is 5.44. The summed E-state index contributed by atoms with van der Waals surface area (Å²) in [5.41, 5.74) is 2.70. The lowest BCUT2D eigenvalue weighted by molar-refractivity contribution is 0.151. The molecule has 1 aromatic carbocycles. The van der Waals surface area contributed by atoms with Crippen LogP contribution in [-0.2, 0) is 0 Å². The Hall–Kier alpha value is -1.06. The standard InChI is InChI=1S/C22H38N2O/c1-18(2)20-10-9-11-21(19(3)4)22(20)25-17-8-6-7-12-24-15-13-23(5)14-16-24/h9-11,18-19H,6-8,12-17H2,1-5H3. The summed E-state index contributed by atoms with van der Waals surface area (Å²) in [6.07, 6.45) is 3.70. The molecular formula is C22H38N2O. The molecule has 0 radical (unpaired) electrons. The van der Waals surface area contributed by atoms with Crippen molar-refractivity contribution in [2.24, 2.45) is 0 Å². The van der Waals surface area contributed by atoms with Crippen molar-refractivity contribution in [2.75, 3.05) is 46.4 Å². The second-order valence-electron chi connectivity index (χ2n) is 8.13. The minimum atomic E-state index is 0.505. The van der Waals surface area contributed by atoms with Crippen molar-refractivity contribution in [3.8, 4) is 5.75 Å². The van der Waals surface area contributed by atoms with Crippen LogP contribution < -0.4 is 4.74 Å². The quantitative estimate of drug-likeness (QED) is 0.601. The van der Waals surface area contributed by atoms with Crippen LogP contribution in [0.15, 0.2) is 18.2 Å². The normalized spacial score (nSPS) is 16.8. The van der Waals surface area contributed by atoms with Gasteiger partial charge in [0.15, 0.2) is 0 Å². The van der Waals surface area contributed by atoms with Crippen LogP contribution in [0.5, 0.6) is 5.75 Å². The smallest absolute Gasteiger partial charge is 0.126 e. The molecule has 1 fully saturated rings. The van der Waals surface area contributed by atoms with E-state index in [0.29, 0.717) is 11.8 Å². The summed E-state index contributed by atoms with van der Waals surface area (Å²) >= 11 is 0. The third-order valence-electron chi connectivity index (χ3n) is 5.28. The molecule has 1 aliphatic heterocycles. The number of rotatable bonds is 9. The van der Waals surface area contributed by atoms with Gasteiger partial charge in [-0.1, -0.05) is 45.9 Å². The van der Waals surface area contributed by atoms with Gasteiger partial charge in [-0.25, -0.2) is 0 Å². The van der Waals surface area contributed by atoms with Crippen LogP contribution in [0.25, 0.3) is 0 Å². The zero-order valence-electron chi connectivity index (χ0n) is 17.1. The molecule has 0 atom stereocenters. The van der Waals surface area contributed by atoms with Crippen molar-refractivity contribution in [1.82, 2.24) is 9.80 Å². The van der Waals surface area contributed by atoms with E-state index in [1.807, 2.05) is 0 Å². The van der Waals surface area contributed by atoms with E-state index < -0.39 is 0 Å². The highest BCUT2D eigenvalue weighted by Gasteiger charge is 2.15. The van der Waals surface area contributed by atoms with E-state index in [-0.39, 0.29) is 0 Å². The van der Waals surface area contributed by atoms with Gasteiger partial charge in [-0.3, -0.25) is 0 Å². The number of hydrogen-bond acceptors (Lipinski definition) is 3. The van der Waals surface area contributed by atoms with Gasteiger partial charge in [0.05, 0.1) is 6.61 Å². The number of para-hydroxylation sites is 1. The predicted octanol–water partition coefficient (Wildman–Crippen LogP) is 4.73. The maximum Gasteiger partial charge on any atom is 0.126 e. The molecule has 3 nitrogen and oxygen atoms in total. The number of nitrogens with zero attached hydrogens (tertiary/aromatic N) is 2. The maximum atomic E-state index is 6.28. The second-order valence-corrected chi connectivity index (χ2v) is 8.13. The summed E-state index contributed by atoms with van der Waals surface area (Å²) in [5, 5.41) is 0. The average Bonchev–Trinajstić information content (AvgIpc) is 2.59. The van der Waals surface area contributed by atoms with Gasteiger partial charge in [0, 0.05) is 26.2 Å². The highest BCUT2D eigenvalue weighted by Crippen LogP contribution is 2.34. The van der Waals surface area contributed by atoms with Gasteiger partial charge in [0.1, 0.15) is 5.75 Å². The van der Waals surface area contributed by atoms with E-state index in [2.05, 4.69) is 62.7 Å². The van der Waals surface area contributed by atoms with E-state index in [0.717, 1.165) is 18.8 Å². The Morgan fingerprint density at radius 1 is 0.880 bits per heavy atom. The Morgan fingerprint density at radius 3 is 2.04 bits per heavy atom. The molecule has 0 unspecified atom stereocenters. The highest BCUT2D eigenvalue weighted by atomic mass is 16.5. The molecular weight excluding hydrogens is 308 g/mol. The molecule has 3 heteroatoms. The van der Waals surface area contributed by atoms with Gasteiger partial charge in [0.25, 0.3) is 0 Å². The summed E-state index contributed by atoms with van der Waals surface area (Å²) in [6.45, 7) is 16.0. The molecule has 25 heavy (non-hydrogen) atoms. The Labute approximate surface area is 155 Å². The molecule has 2 rings (SSSR count). The Morgan fingerprint density at radius 2 is 1.48 bits per heavy atom. The monoisotopic (exact) mass is 346 g/mol. The van der Waals surface area contributed by atoms with Crippen molar-refractivity contribution in [3.63, 3.8) is 0 Å². The fourth-order valence-corrected chi connectivity index (χ4v) is 3.51. The SMILES string of the molecule is CC(C)c1cccc(C(C)C)c1OCCCCCN1CCN(C)CC1. The van der Waals surface area contributed by atoms with Crippen LogP contribution in [-0.4, -0.2) is 56.2 Å². The number of piperazine rings is 1. The van der Waals surface area contributed by atoms with Gasteiger partial charge in [0.2, 0.25) is 0 Å². The lowest BCUT2D eigenvalue weighted by Gasteiger charge is -2.32. The first-order chi connectivity index (χ1) is 12.0. The lowest BCUT2D eigenvalue weighted by atomic mass is 9.94. The van der Waals surface area contributed by atoms with E-state index in [9.17, 15) is 0 Å². The van der Waals surface area contributed by atoms with Crippen molar-refractivity contribution < 1.29 is 4.74 Å². The van der Waals surface area contributed by atoms with E-state index in [4.69, 9.17) is 4.74 Å². The molecule has 0 bridgehead atoms. The molecule has 0 amide bonds. The molecule has 1 heterocycles. The molecule has 0 saturated carbocycles. The number of benzene rings is 1. The first-order valence-electron chi connectivity index (χ1n) is 10.2. The molecule has 142 valence electrons. The average molecular weight is 347 g/mol. The van der Waals surface area contributed by atoms with Gasteiger partial charge >= 0.3 is 0 Å². The van der Waals surface area contributed by atoms with Crippen LogP contribution >= 0.6 is 0 Å². The van der Waals surface area contributed by atoms with Crippen molar-refractivity contribution >= 4 is 0 Å². The molecule has 0 spiro atoms. The first-order valence-corrected chi connectivity index (χ1v) is 10.2. The molecule has 0 aromatic heterocycles. The molecule has 1 aromatic rings.